The fourth-order valence-electron chi connectivity index (χ4n) is 1.21. The van der Waals surface area contributed by atoms with Gasteiger partial charge in [0.1, 0.15) is 0 Å². The molecule has 0 amide bonds. The molecule has 2 unspecified atom stereocenters. The standard InChI is InChI=1S/C10H18Cl2O2/c1-2-3-4-5-8(11)9(12)6-7-10(13)14/h8-9H,2-7H2,1H3,(H,13,14). The highest BCUT2D eigenvalue weighted by Crippen LogP contribution is 2.21. The molecule has 0 fully saturated rings. The number of unbranched alkanes of at least 4 members (excludes halogenated alkanes) is 2. The summed E-state index contributed by atoms with van der Waals surface area (Å²) >= 11 is 12.0. The third-order valence-electron chi connectivity index (χ3n) is 2.11. The Morgan fingerprint density at radius 3 is 2.29 bits per heavy atom. The molecule has 0 radical (unpaired) electrons. The van der Waals surface area contributed by atoms with E-state index >= 15 is 0 Å². The molecule has 0 saturated carbocycles. The average Bonchev–Trinajstić information content (AvgIpc) is 2.14. The number of alkyl halides is 2. The number of carboxylic acid groups (broad SMARTS) is 1. The van der Waals surface area contributed by atoms with Gasteiger partial charge in [-0.15, -0.1) is 23.2 Å². The third-order valence-corrected chi connectivity index (χ3v) is 3.28. The SMILES string of the molecule is CCCCCC(Cl)C(Cl)CCC(=O)O. The van der Waals surface area contributed by atoms with Crippen molar-refractivity contribution in [3.05, 3.63) is 0 Å². The van der Waals surface area contributed by atoms with E-state index in [2.05, 4.69) is 6.92 Å². The zero-order chi connectivity index (χ0) is 11.0. The summed E-state index contributed by atoms with van der Waals surface area (Å²) in [6.45, 7) is 2.13. The molecule has 0 aliphatic carbocycles. The van der Waals surface area contributed by atoms with Gasteiger partial charge < -0.3 is 5.11 Å². The normalized spacial score (nSPS) is 15.1. The second-order valence-corrected chi connectivity index (χ2v) is 4.58. The zero-order valence-corrected chi connectivity index (χ0v) is 10.0. The number of hydrogen-bond donors (Lipinski definition) is 1. The largest absolute Gasteiger partial charge is 0.481 e. The van der Waals surface area contributed by atoms with Crippen molar-refractivity contribution in [3.63, 3.8) is 0 Å². The summed E-state index contributed by atoms with van der Waals surface area (Å²) in [6, 6.07) is 0. The van der Waals surface area contributed by atoms with E-state index < -0.39 is 5.97 Å². The lowest BCUT2D eigenvalue weighted by molar-refractivity contribution is -0.137. The van der Waals surface area contributed by atoms with Crippen LogP contribution >= 0.6 is 23.2 Å². The lowest BCUT2D eigenvalue weighted by atomic mass is 10.1. The van der Waals surface area contributed by atoms with Crippen LogP contribution in [0.5, 0.6) is 0 Å². The second-order valence-electron chi connectivity index (χ2n) is 3.46. The molecule has 1 N–H and O–H groups in total. The van der Waals surface area contributed by atoms with Crippen molar-refractivity contribution >= 4 is 29.2 Å². The quantitative estimate of drug-likeness (QED) is 0.520. The van der Waals surface area contributed by atoms with Gasteiger partial charge in [0.15, 0.2) is 0 Å². The first-order chi connectivity index (χ1) is 6.57. The number of aliphatic carboxylic acids is 1. The molecule has 4 heteroatoms. The molecular formula is C10H18Cl2O2. The molecule has 0 aliphatic heterocycles. The Balaban J connectivity index is 3.53. The number of rotatable bonds is 8. The van der Waals surface area contributed by atoms with Gasteiger partial charge in [0, 0.05) is 11.8 Å². The Morgan fingerprint density at radius 1 is 1.21 bits per heavy atom. The van der Waals surface area contributed by atoms with Crippen molar-refractivity contribution in [1.29, 1.82) is 0 Å². The number of carboxylic acids is 1. The molecule has 0 spiro atoms. The molecule has 0 bridgehead atoms. The summed E-state index contributed by atoms with van der Waals surface area (Å²) in [4.78, 5) is 10.3. The number of carbonyl (C=O) groups is 1. The van der Waals surface area contributed by atoms with Crippen LogP contribution in [0, 0.1) is 0 Å². The molecule has 0 aromatic carbocycles. The predicted octanol–water partition coefficient (Wildman–Crippen LogP) is 3.65. The van der Waals surface area contributed by atoms with Crippen molar-refractivity contribution < 1.29 is 9.90 Å². The summed E-state index contributed by atoms with van der Waals surface area (Å²) in [6.07, 6.45) is 4.82. The highest BCUT2D eigenvalue weighted by Gasteiger charge is 2.16. The molecule has 0 aromatic rings. The smallest absolute Gasteiger partial charge is 0.303 e. The maximum absolute atomic E-state index is 10.3. The van der Waals surface area contributed by atoms with Crippen LogP contribution in [0.2, 0.25) is 0 Å². The van der Waals surface area contributed by atoms with Gasteiger partial charge in [0.2, 0.25) is 0 Å². The van der Waals surface area contributed by atoms with Crippen LogP contribution in [0.3, 0.4) is 0 Å². The Bertz CT molecular complexity index is 162. The van der Waals surface area contributed by atoms with Gasteiger partial charge in [-0.2, -0.15) is 0 Å². The molecule has 84 valence electrons. The summed E-state index contributed by atoms with van der Waals surface area (Å²) in [5, 5.41) is 8.14. The first-order valence-corrected chi connectivity index (χ1v) is 5.95. The van der Waals surface area contributed by atoms with Crippen molar-refractivity contribution in [1.82, 2.24) is 0 Å². The van der Waals surface area contributed by atoms with Crippen molar-refractivity contribution in [2.75, 3.05) is 0 Å². The minimum Gasteiger partial charge on any atom is -0.481 e. The van der Waals surface area contributed by atoms with Gasteiger partial charge in [0.25, 0.3) is 0 Å². The monoisotopic (exact) mass is 240 g/mol. The topological polar surface area (TPSA) is 37.3 Å². The van der Waals surface area contributed by atoms with E-state index in [0.29, 0.717) is 6.42 Å². The highest BCUT2D eigenvalue weighted by atomic mass is 35.5. The van der Waals surface area contributed by atoms with Gasteiger partial charge in [0.05, 0.1) is 5.38 Å². The van der Waals surface area contributed by atoms with E-state index in [9.17, 15) is 4.79 Å². The molecule has 2 atom stereocenters. The third kappa shape index (κ3) is 7.45. The van der Waals surface area contributed by atoms with Crippen LogP contribution in [-0.4, -0.2) is 21.8 Å². The zero-order valence-electron chi connectivity index (χ0n) is 8.51. The summed E-state index contributed by atoms with van der Waals surface area (Å²) < 4.78 is 0. The fraction of sp³-hybridized carbons (Fsp3) is 0.900. The van der Waals surface area contributed by atoms with Gasteiger partial charge in [-0.3, -0.25) is 4.79 Å². The molecular weight excluding hydrogens is 223 g/mol. The highest BCUT2D eigenvalue weighted by molar-refractivity contribution is 6.30. The van der Waals surface area contributed by atoms with E-state index in [1.807, 2.05) is 0 Å². The molecule has 0 aliphatic rings. The fourth-order valence-corrected chi connectivity index (χ4v) is 1.73. The molecule has 2 nitrogen and oxygen atoms in total. The predicted molar refractivity (Wildman–Crippen MR) is 60.3 cm³/mol. The van der Waals surface area contributed by atoms with Gasteiger partial charge in [-0.05, 0) is 12.8 Å². The molecule has 0 aromatic heterocycles. The molecule has 0 rings (SSSR count). The lowest BCUT2D eigenvalue weighted by Gasteiger charge is -2.14. The van der Waals surface area contributed by atoms with Gasteiger partial charge in [-0.1, -0.05) is 26.2 Å². The Kier molecular flexibility index (Phi) is 8.40. The number of hydrogen-bond acceptors (Lipinski definition) is 1. The first-order valence-electron chi connectivity index (χ1n) is 5.07. The maximum atomic E-state index is 10.3. The van der Waals surface area contributed by atoms with Crippen molar-refractivity contribution in [3.8, 4) is 0 Å². The Labute approximate surface area is 95.6 Å². The van der Waals surface area contributed by atoms with Crippen LogP contribution in [0.15, 0.2) is 0 Å². The van der Waals surface area contributed by atoms with Crippen LogP contribution in [-0.2, 0) is 4.79 Å². The summed E-state index contributed by atoms with van der Waals surface area (Å²) in [7, 11) is 0. The Hall–Kier alpha value is 0.0500. The molecule has 0 heterocycles. The second kappa shape index (κ2) is 8.37. The number of halogens is 2. The molecule has 14 heavy (non-hydrogen) atoms. The van der Waals surface area contributed by atoms with Crippen LogP contribution in [0.4, 0.5) is 0 Å². The van der Waals surface area contributed by atoms with Crippen molar-refractivity contribution in [2.24, 2.45) is 0 Å². The maximum Gasteiger partial charge on any atom is 0.303 e. The summed E-state index contributed by atoms with van der Waals surface area (Å²) in [5.41, 5.74) is 0. The first kappa shape index (κ1) is 14.1. The van der Waals surface area contributed by atoms with E-state index in [0.717, 1.165) is 25.7 Å². The van der Waals surface area contributed by atoms with E-state index in [4.69, 9.17) is 28.3 Å². The van der Waals surface area contributed by atoms with Crippen LogP contribution in [0.1, 0.15) is 45.4 Å². The van der Waals surface area contributed by atoms with E-state index in [1.165, 1.54) is 0 Å². The van der Waals surface area contributed by atoms with E-state index in [1.54, 1.807) is 0 Å². The molecule has 0 saturated heterocycles. The van der Waals surface area contributed by atoms with Crippen LogP contribution in [0.25, 0.3) is 0 Å². The van der Waals surface area contributed by atoms with Gasteiger partial charge >= 0.3 is 5.97 Å². The Morgan fingerprint density at radius 2 is 1.79 bits per heavy atom. The summed E-state index contributed by atoms with van der Waals surface area (Å²) in [5.74, 6) is -0.812. The average molecular weight is 241 g/mol. The van der Waals surface area contributed by atoms with Crippen molar-refractivity contribution in [2.45, 2.75) is 56.2 Å². The van der Waals surface area contributed by atoms with Gasteiger partial charge in [-0.25, -0.2) is 0 Å². The van der Waals surface area contributed by atoms with E-state index in [-0.39, 0.29) is 17.2 Å². The lowest BCUT2D eigenvalue weighted by Crippen LogP contribution is -2.16. The minimum absolute atomic E-state index is 0.0948. The van der Waals surface area contributed by atoms with Crippen LogP contribution < -0.4 is 0 Å². The minimum atomic E-state index is -0.812.